The highest BCUT2D eigenvalue weighted by molar-refractivity contribution is 6.07. The predicted molar refractivity (Wildman–Crippen MR) is 84.9 cm³/mol. The molecule has 0 aromatic carbocycles. The fraction of sp³-hybridized carbons (Fsp3) is 0.688. The average Bonchev–Trinajstić information content (AvgIpc) is 2.77. The quantitative estimate of drug-likeness (QED) is 0.527. The number of rotatable bonds is 5. The Balaban J connectivity index is 1.78. The lowest BCUT2D eigenvalue weighted by molar-refractivity contribution is -0.154. The van der Waals surface area contributed by atoms with Crippen molar-refractivity contribution in [3.8, 4) is 0 Å². The Labute approximate surface area is 145 Å². The van der Waals surface area contributed by atoms with E-state index in [9.17, 15) is 24.0 Å². The van der Waals surface area contributed by atoms with E-state index in [0.29, 0.717) is 12.8 Å². The van der Waals surface area contributed by atoms with Crippen LogP contribution >= 0.6 is 0 Å². The summed E-state index contributed by atoms with van der Waals surface area (Å²) in [6.07, 6.45) is 3.12. The van der Waals surface area contributed by atoms with Crippen LogP contribution in [0.4, 0.5) is 4.79 Å². The van der Waals surface area contributed by atoms with Gasteiger partial charge in [0.1, 0.15) is 6.54 Å². The molecule has 0 bridgehead atoms. The van der Waals surface area contributed by atoms with Crippen molar-refractivity contribution in [1.82, 2.24) is 15.5 Å². The average molecular weight is 353 g/mol. The van der Waals surface area contributed by atoms with E-state index < -0.39 is 31.1 Å². The molecule has 5 amide bonds. The zero-order chi connectivity index (χ0) is 18.6. The molecule has 1 aliphatic carbocycles. The molecule has 2 unspecified atom stereocenters. The van der Waals surface area contributed by atoms with Crippen LogP contribution in [0.25, 0.3) is 0 Å². The predicted octanol–water partition coefficient (Wildman–Crippen LogP) is -0.0610. The molecular weight excluding hydrogens is 330 g/mol. The van der Waals surface area contributed by atoms with Gasteiger partial charge in [0, 0.05) is 6.04 Å². The van der Waals surface area contributed by atoms with Gasteiger partial charge in [0.25, 0.3) is 5.91 Å². The van der Waals surface area contributed by atoms with E-state index in [0.717, 1.165) is 17.7 Å². The summed E-state index contributed by atoms with van der Waals surface area (Å²) < 4.78 is 4.74. The molecule has 0 radical (unpaired) electrons. The first-order chi connectivity index (χ1) is 11.8. The molecule has 2 N–H and O–H groups in total. The van der Waals surface area contributed by atoms with Crippen LogP contribution in [-0.2, 0) is 23.9 Å². The van der Waals surface area contributed by atoms with Gasteiger partial charge in [-0.05, 0) is 26.7 Å². The summed E-state index contributed by atoms with van der Waals surface area (Å²) >= 11 is 0. The van der Waals surface area contributed by atoms with Crippen LogP contribution in [-0.4, -0.2) is 53.8 Å². The number of carbonyl (C=O) groups is 5. The second-order valence-electron chi connectivity index (χ2n) is 6.60. The number of ether oxygens (including phenoxy) is 1. The molecule has 9 heteroatoms. The molecule has 2 atom stereocenters. The zero-order valence-corrected chi connectivity index (χ0v) is 14.4. The Morgan fingerprint density at radius 3 is 2.20 bits per heavy atom. The van der Waals surface area contributed by atoms with Crippen LogP contribution in [0.1, 0.15) is 39.5 Å². The van der Waals surface area contributed by atoms with E-state index in [1.54, 1.807) is 13.8 Å². The summed E-state index contributed by atoms with van der Waals surface area (Å²) in [6, 6.07) is -0.837. The van der Waals surface area contributed by atoms with E-state index in [-0.39, 0.29) is 29.7 Å². The number of amides is 5. The highest BCUT2D eigenvalue weighted by Crippen LogP contribution is 2.37. The molecule has 2 aliphatic rings. The maximum Gasteiger partial charge on any atom is 0.326 e. The molecule has 25 heavy (non-hydrogen) atoms. The van der Waals surface area contributed by atoms with Gasteiger partial charge in [0.15, 0.2) is 6.61 Å². The molecule has 2 fully saturated rings. The minimum absolute atomic E-state index is 0.147. The first kappa shape index (κ1) is 18.9. The minimum Gasteiger partial charge on any atom is -0.454 e. The van der Waals surface area contributed by atoms with Gasteiger partial charge in [0.05, 0.1) is 11.8 Å². The van der Waals surface area contributed by atoms with E-state index in [2.05, 4.69) is 5.32 Å². The number of nitrogens with zero attached hydrogens (tertiary/aromatic N) is 1. The van der Waals surface area contributed by atoms with Gasteiger partial charge in [-0.25, -0.2) is 4.79 Å². The van der Waals surface area contributed by atoms with E-state index >= 15 is 0 Å². The Morgan fingerprint density at radius 2 is 1.68 bits per heavy atom. The number of carbonyl (C=O) groups excluding carboxylic acids is 5. The third kappa shape index (κ3) is 4.77. The van der Waals surface area contributed by atoms with Crippen LogP contribution in [0.2, 0.25) is 0 Å². The van der Waals surface area contributed by atoms with Gasteiger partial charge in [0.2, 0.25) is 11.8 Å². The molecule has 0 aromatic heterocycles. The van der Waals surface area contributed by atoms with Crippen LogP contribution in [0, 0.1) is 11.8 Å². The van der Waals surface area contributed by atoms with Crippen LogP contribution in [0.15, 0.2) is 0 Å². The summed E-state index contributed by atoms with van der Waals surface area (Å²) in [5.41, 5.74) is 0. The van der Waals surface area contributed by atoms with Crippen molar-refractivity contribution in [2.24, 2.45) is 11.8 Å². The van der Waals surface area contributed by atoms with Gasteiger partial charge in [-0.15, -0.1) is 0 Å². The lowest BCUT2D eigenvalue weighted by Crippen LogP contribution is -2.44. The van der Waals surface area contributed by atoms with Gasteiger partial charge in [-0.1, -0.05) is 12.8 Å². The molecule has 9 nitrogen and oxygen atoms in total. The van der Waals surface area contributed by atoms with E-state index in [1.165, 1.54) is 0 Å². The first-order valence-electron chi connectivity index (χ1n) is 8.40. The molecule has 1 heterocycles. The van der Waals surface area contributed by atoms with Crippen LogP contribution in [0.3, 0.4) is 0 Å². The lowest BCUT2D eigenvalue weighted by atomic mass is 9.81. The van der Waals surface area contributed by atoms with Crippen LogP contribution < -0.4 is 10.6 Å². The topological polar surface area (TPSA) is 122 Å². The molecule has 1 saturated heterocycles. The fourth-order valence-corrected chi connectivity index (χ4v) is 3.17. The SMILES string of the molecule is CC(C)NC(=O)NC(=O)COC(=O)CN1C(=O)C2CCCCC2C1=O. The maximum atomic E-state index is 12.2. The Morgan fingerprint density at radius 1 is 1.12 bits per heavy atom. The van der Waals surface area contributed by atoms with Crippen molar-refractivity contribution < 1.29 is 28.7 Å². The van der Waals surface area contributed by atoms with Gasteiger partial charge < -0.3 is 10.1 Å². The normalized spacial score (nSPS) is 22.6. The standard InChI is InChI=1S/C16H23N3O6/c1-9(2)17-16(24)18-12(20)8-25-13(21)7-19-14(22)10-5-3-4-6-11(10)15(19)23/h9-11H,3-8H2,1-2H3,(H2,17,18,20,24). The highest BCUT2D eigenvalue weighted by Gasteiger charge is 2.48. The van der Waals surface area contributed by atoms with Gasteiger partial charge in [-0.2, -0.15) is 0 Å². The van der Waals surface area contributed by atoms with E-state index in [4.69, 9.17) is 4.74 Å². The van der Waals surface area contributed by atoms with Crippen molar-refractivity contribution in [1.29, 1.82) is 0 Å². The number of fused-ring (bicyclic) bond motifs is 1. The molecule has 138 valence electrons. The number of hydrogen-bond donors (Lipinski definition) is 2. The van der Waals surface area contributed by atoms with Gasteiger partial charge in [-0.3, -0.25) is 29.4 Å². The van der Waals surface area contributed by atoms with Crippen LogP contribution in [0.5, 0.6) is 0 Å². The third-order valence-corrected chi connectivity index (χ3v) is 4.26. The smallest absolute Gasteiger partial charge is 0.326 e. The maximum absolute atomic E-state index is 12.2. The van der Waals surface area contributed by atoms with Crippen molar-refractivity contribution in [3.63, 3.8) is 0 Å². The number of esters is 1. The van der Waals surface area contributed by atoms with Crippen molar-refractivity contribution >= 4 is 29.7 Å². The Hall–Kier alpha value is -2.45. The molecule has 1 saturated carbocycles. The number of likely N-dealkylation sites (tertiary alicyclic amines) is 1. The molecule has 2 rings (SSSR count). The number of imide groups is 2. The summed E-state index contributed by atoms with van der Waals surface area (Å²) in [5, 5.41) is 4.46. The Bertz CT molecular complexity index is 564. The highest BCUT2D eigenvalue weighted by atomic mass is 16.5. The summed E-state index contributed by atoms with van der Waals surface area (Å²) in [6.45, 7) is 2.29. The third-order valence-electron chi connectivity index (χ3n) is 4.26. The second-order valence-corrected chi connectivity index (χ2v) is 6.60. The molecular formula is C16H23N3O6. The monoisotopic (exact) mass is 353 g/mol. The summed E-state index contributed by atoms with van der Waals surface area (Å²) in [7, 11) is 0. The number of urea groups is 1. The molecule has 0 aromatic rings. The zero-order valence-electron chi connectivity index (χ0n) is 14.4. The van der Waals surface area contributed by atoms with Gasteiger partial charge >= 0.3 is 12.0 Å². The Kier molecular flexibility index (Phi) is 6.11. The first-order valence-corrected chi connectivity index (χ1v) is 8.40. The van der Waals surface area contributed by atoms with E-state index in [1.807, 2.05) is 5.32 Å². The van der Waals surface area contributed by atoms with Crippen molar-refractivity contribution in [2.75, 3.05) is 13.2 Å². The second kappa shape index (κ2) is 8.09. The molecule has 1 aliphatic heterocycles. The summed E-state index contributed by atoms with van der Waals surface area (Å²) in [5.74, 6) is -3.01. The van der Waals surface area contributed by atoms with Crippen molar-refractivity contribution in [2.45, 2.75) is 45.6 Å². The minimum atomic E-state index is -0.861. The largest absolute Gasteiger partial charge is 0.454 e. The summed E-state index contributed by atoms with van der Waals surface area (Å²) in [4.78, 5) is 60.1. The van der Waals surface area contributed by atoms with Crippen molar-refractivity contribution in [3.05, 3.63) is 0 Å². The number of nitrogens with one attached hydrogen (secondary N) is 2. The number of hydrogen-bond acceptors (Lipinski definition) is 6. The lowest BCUT2D eigenvalue weighted by Gasteiger charge is -2.19. The molecule has 0 spiro atoms. The fourth-order valence-electron chi connectivity index (χ4n) is 3.17.